The first-order valence-corrected chi connectivity index (χ1v) is 7.40. The average Bonchev–Trinajstić information content (AvgIpc) is 2.36. The molecule has 1 aliphatic rings. The van der Waals surface area contributed by atoms with E-state index in [1.54, 1.807) is 0 Å². The summed E-state index contributed by atoms with van der Waals surface area (Å²) in [5.41, 5.74) is -0.152. The van der Waals surface area contributed by atoms with Crippen molar-refractivity contribution in [3.05, 3.63) is 28.8 Å². The maximum Gasteiger partial charge on any atom is 0.416 e. The van der Waals surface area contributed by atoms with Crippen LogP contribution in [0.4, 0.5) is 18.9 Å². The van der Waals surface area contributed by atoms with Gasteiger partial charge in [0, 0.05) is 18.6 Å². The Kier molecular flexibility index (Phi) is 4.73. The zero-order chi connectivity index (χ0) is 15.8. The van der Waals surface area contributed by atoms with Crippen LogP contribution in [0.3, 0.4) is 0 Å². The molecule has 0 saturated carbocycles. The first kappa shape index (κ1) is 16.4. The summed E-state index contributed by atoms with van der Waals surface area (Å²) in [7, 11) is 2.09. The molecule has 0 amide bonds. The van der Waals surface area contributed by atoms with Crippen LogP contribution in [-0.2, 0) is 6.18 Å². The summed E-state index contributed by atoms with van der Waals surface area (Å²) in [5, 5.41) is 3.42. The highest BCUT2D eigenvalue weighted by Crippen LogP contribution is 2.35. The van der Waals surface area contributed by atoms with Crippen LogP contribution in [-0.4, -0.2) is 30.6 Å². The molecule has 1 heterocycles. The van der Waals surface area contributed by atoms with E-state index in [0.717, 1.165) is 25.1 Å². The highest BCUT2D eigenvalue weighted by Gasteiger charge is 2.32. The number of rotatable bonds is 2. The van der Waals surface area contributed by atoms with Crippen LogP contribution in [0.25, 0.3) is 0 Å². The first-order valence-electron chi connectivity index (χ1n) is 7.02. The van der Waals surface area contributed by atoms with Gasteiger partial charge in [0.05, 0.1) is 16.3 Å². The predicted molar refractivity (Wildman–Crippen MR) is 79.7 cm³/mol. The van der Waals surface area contributed by atoms with Gasteiger partial charge in [0.2, 0.25) is 0 Å². The summed E-state index contributed by atoms with van der Waals surface area (Å²) < 4.78 is 37.9. The minimum atomic E-state index is -4.36. The van der Waals surface area contributed by atoms with E-state index in [1.165, 1.54) is 6.07 Å². The molecule has 2 nitrogen and oxygen atoms in total. The van der Waals surface area contributed by atoms with Crippen molar-refractivity contribution in [2.45, 2.75) is 38.5 Å². The molecule has 21 heavy (non-hydrogen) atoms. The molecular formula is C15H20ClF3N2. The van der Waals surface area contributed by atoms with Crippen molar-refractivity contribution < 1.29 is 13.2 Å². The molecule has 1 aromatic rings. The first-order chi connectivity index (χ1) is 9.68. The van der Waals surface area contributed by atoms with Gasteiger partial charge >= 0.3 is 6.18 Å². The lowest BCUT2D eigenvalue weighted by atomic mass is 9.89. The fraction of sp³-hybridized carbons (Fsp3) is 0.600. The van der Waals surface area contributed by atoms with Crippen molar-refractivity contribution in [2.24, 2.45) is 5.92 Å². The Hall–Kier alpha value is -0.940. The minimum absolute atomic E-state index is 0.114. The highest BCUT2D eigenvalue weighted by molar-refractivity contribution is 6.33. The molecule has 118 valence electrons. The normalized spacial score (nSPS) is 27.7. The number of hydrogen-bond donors (Lipinski definition) is 1. The Morgan fingerprint density at radius 1 is 1.29 bits per heavy atom. The van der Waals surface area contributed by atoms with Crippen LogP contribution in [0.2, 0.25) is 5.02 Å². The third-order valence-electron chi connectivity index (χ3n) is 4.25. The average molecular weight is 321 g/mol. The number of hydrogen-bond acceptors (Lipinski definition) is 2. The molecule has 6 heteroatoms. The van der Waals surface area contributed by atoms with E-state index in [9.17, 15) is 13.2 Å². The fourth-order valence-corrected chi connectivity index (χ4v) is 2.99. The van der Waals surface area contributed by atoms with Gasteiger partial charge in [0.15, 0.2) is 0 Å². The molecule has 0 aliphatic carbocycles. The standard InChI is InChI=1S/C15H20ClF3N2/c1-9-8-21(3)10(2)6-14(9)20-13-5-4-11(7-12(13)16)15(17,18)19/h4-5,7,9-10,14,20H,6,8H2,1-3H3. The molecule has 2 rings (SSSR count). The summed E-state index contributed by atoms with van der Waals surface area (Å²) in [4.78, 5) is 2.29. The van der Waals surface area contributed by atoms with Gasteiger partial charge in [0.25, 0.3) is 0 Å². The van der Waals surface area contributed by atoms with Crippen molar-refractivity contribution in [2.75, 3.05) is 18.9 Å². The van der Waals surface area contributed by atoms with Gasteiger partial charge in [-0.2, -0.15) is 13.2 Å². The van der Waals surface area contributed by atoms with Crippen molar-refractivity contribution in [3.63, 3.8) is 0 Å². The maximum absolute atomic E-state index is 12.6. The molecule has 3 unspecified atom stereocenters. The van der Waals surface area contributed by atoms with Gasteiger partial charge in [-0.05, 0) is 44.5 Å². The zero-order valence-electron chi connectivity index (χ0n) is 12.3. The lowest BCUT2D eigenvalue weighted by Gasteiger charge is -2.40. The Labute approximate surface area is 128 Å². The number of halogens is 4. The maximum atomic E-state index is 12.6. The van der Waals surface area contributed by atoms with Crippen molar-refractivity contribution >= 4 is 17.3 Å². The number of benzene rings is 1. The fourth-order valence-electron chi connectivity index (χ4n) is 2.75. The highest BCUT2D eigenvalue weighted by atomic mass is 35.5. The van der Waals surface area contributed by atoms with Gasteiger partial charge < -0.3 is 10.2 Å². The van der Waals surface area contributed by atoms with Crippen LogP contribution < -0.4 is 5.32 Å². The number of likely N-dealkylation sites (tertiary alicyclic amines) is 1. The van der Waals surface area contributed by atoms with E-state index < -0.39 is 11.7 Å². The molecule has 1 N–H and O–H groups in total. The van der Waals surface area contributed by atoms with Crippen LogP contribution in [0, 0.1) is 5.92 Å². The predicted octanol–water partition coefficient (Wildman–Crippen LogP) is 4.50. The quantitative estimate of drug-likeness (QED) is 0.863. The van der Waals surface area contributed by atoms with E-state index in [4.69, 9.17) is 11.6 Å². The number of anilines is 1. The van der Waals surface area contributed by atoms with Crippen molar-refractivity contribution in [3.8, 4) is 0 Å². The molecule has 1 saturated heterocycles. The third-order valence-corrected chi connectivity index (χ3v) is 4.56. The molecule has 3 atom stereocenters. The molecule has 0 spiro atoms. The zero-order valence-corrected chi connectivity index (χ0v) is 13.1. The van der Waals surface area contributed by atoms with E-state index >= 15 is 0 Å². The summed E-state index contributed by atoms with van der Waals surface area (Å²) >= 11 is 5.99. The molecule has 1 aliphatic heterocycles. The van der Waals surface area contributed by atoms with Gasteiger partial charge in [-0.15, -0.1) is 0 Å². The molecule has 1 fully saturated rings. The second-order valence-corrected chi connectivity index (χ2v) is 6.35. The topological polar surface area (TPSA) is 15.3 Å². The van der Waals surface area contributed by atoms with Crippen LogP contribution in [0.5, 0.6) is 0 Å². The largest absolute Gasteiger partial charge is 0.416 e. The smallest absolute Gasteiger partial charge is 0.381 e. The van der Waals surface area contributed by atoms with E-state index in [2.05, 4.69) is 31.1 Å². The molecule has 0 radical (unpaired) electrons. The second kappa shape index (κ2) is 6.05. The monoisotopic (exact) mass is 320 g/mol. The lowest BCUT2D eigenvalue weighted by Crippen LogP contribution is -2.48. The number of nitrogens with one attached hydrogen (secondary N) is 1. The summed E-state index contributed by atoms with van der Waals surface area (Å²) in [6.45, 7) is 5.24. The number of nitrogens with zero attached hydrogens (tertiary/aromatic N) is 1. The van der Waals surface area contributed by atoms with Crippen molar-refractivity contribution in [1.82, 2.24) is 4.90 Å². The van der Waals surface area contributed by atoms with Gasteiger partial charge in [-0.25, -0.2) is 0 Å². The van der Waals surface area contributed by atoms with Gasteiger partial charge in [0.1, 0.15) is 0 Å². The number of piperidine rings is 1. The molecule has 0 aromatic heterocycles. The van der Waals surface area contributed by atoms with Crippen LogP contribution >= 0.6 is 11.6 Å². The summed E-state index contributed by atoms with van der Waals surface area (Å²) in [5.74, 6) is 0.407. The minimum Gasteiger partial charge on any atom is -0.381 e. The summed E-state index contributed by atoms with van der Waals surface area (Å²) in [6.07, 6.45) is -3.42. The Morgan fingerprint density at radius 2 is 1.95 bits per heavy atom. The molecule has 1 aromatic carbocycles. The van der Waals surface area contributed by atoms with Crippen LogP contribution in [0.1, 0.15) is 25.8 Å². The van der Waals surface area contributed by atoms with E-state index in [1.807, 2.05) is 0 Å². The molecule has 0 bridgehead atoms. The third kappa shape index (κ3) is 3.83. The van der Waals surface area contributed by atoms with Gasteiger partial charge in [-0.3, -0.25) is 0 Å². The van der Waals surface area contributed by atoms with E-state index in [0.29, 0.717) is 17.6 Å². The SMILES string of the molecule is CC1CN(C)C(C)CC1Nc1ccc(C(F)(F)F)cc1Cl. The Morgan fingerprint density at radius 3 is 2.52 bits per heavy atom. The Balaban J connectivity index is 2.13. The van der Waals surface area contributed by atoms with Crippen molar-refractivity contribution in [1.29, 1.82) is 0 Å². The van der Waals surface area contributed by atoms with Gasteiger partial charge in [-0.1, -0.05) is 18.5 Å². The molecular weight excluding hydrogens is 301 g/mol. The Bertz CT molecular complexity index is 504. The number of alkyl halides is 3. The van der Waals surface area contributed by atoms with E-state index in [-0.39, 0.29) is 11.1 Å². The van der Waals surface area contributed by atoms with Crippen LogP contribution in [0.15, 0.2) is 18.2 Å². The lowest BCUT2D eigenvalue weighted by molar-refractivity contribution is -0.137. The summed E-state index contributed by atoms with van der Waals surface area (Å²) in [6, 6.07) is 4.11. The second-order valence-electron chi connectivity index (χ2n) is 5.94.